The van der Waals surface area contributed by atoms with Crippen molar-refractivity contribution in [3.63, 3.8) is 0 Å². The van der Waals surface area contributed by atoms with Gasteiger partial charge in [0.25, 0.3) is 0 Å². The first-order valence-electron chi connectivity index (χ1n) is 11.7. The number of hydrogen-bond donors (Lipinski definition) is 1. The third kappa shape index (κ3) is 7.06. The summed E-state index contributed by atoms with van der Waals surface area (Å²) in [5, 5.41) is 11.4. The van der Waals surface area contributed by atoms with Crippen LogP contribution in [-0.4, -0.2) is 33.0 Å². The molecule has 0 atom stereocenters. The van der Waals surface area contributed by atoms with Crippen molar-refractivity contribution in [3.05, 3.63) is 89.7 Å². The van der Waals surface area contributed by atoms with Gasteiger partial charge in [0, 0.05) is 11.4 Å². The van der Waals surface area contributed by atoms with Crippen molar-refractivity contribution in [1.82, 2.24) is 14.8 Å². The summed E-state index contributed by atoms with van der Waals surface area (Å²) in [7, 11) is 0. The highest BCUT2D eigenvalue weighted by Crippen LogP contribution is 2.31. The molecule has 0 unspecified atom stereocenters. The molecule has 0 spiro atoms. The van der Waals surface area contributed by atoms with Gasteiger partial charge in [-0.2, -0.15) is 13.2 Å². The molecule has 1 heterocycles. The Morgan fingerprint density at radius 2 is 1.66 bits per heavy atom. The number of hydrogen-bond acceptors (Lipinski definition) is 6. The second kappa shape index (κ2) is 12.0. The number of alkyl halides is 3. The number of rotatable bonds is 10. The number of anilines is 1. The zero-order chi connectivity index (χ0) is 27.1. The van der Waals surface area contributed by atoms with Crippen molar-refractivity contribution in [2.75, 3.05) is 17.7 Å². The molecule has 11 heteroatoms. The molecule has 0 saturated carbocycles. The Bertz CT molecular complexity index is 1370. The number of carbonyl (C=O) groups excluding carboxylic acids is 1. The number of ether oxygens (including phenoxy) is 2. The molecule has 1 N–H and O–H groups in total. The molecule has 0 aliphatic carbocycles. The van der Waals surface area contributed by atoms with Gasteiger partial charge in [0.2, 0.25) is 5.91 Å². The van der Waals surface area contributed by atoms with E-state index < -0.39 is 17.6 Å². The number of nitrogens with zero attached hydrogens (tertiary/aromatic N) is 3. The van der Waals surface area contributed by atoms with Gasteiger partial charge >= 0.3 is 6.18 Å². The topological polar surface area (TPSA) is 78.3 Å². The molecule has 0 fully saturated rings. The number of aromatic nitrogens is 3. The van der Waals surface area contributed by atoms with Gasteiger partial charge in [-0.3, -0.25) is 9.36 Å². The van der Waals surface area contributed by atoms with Crippen LogP contribution in [0.2, 0.25) is 0 Å². The molecular formula is C27H25F3N4O3S. The average Bonchev–Trinajstić information content (AvgIpc) is 3.30. The van der Waals surface area contributed by atoms with Crippen molar-refractivity contribution in [2.45, 2.75) is 31.8 Å². The van der Waals surface area contributed by atoms with Crippen molar-refractivity contribution in [3.8, 4) is 17.2 Å². The standard InChI is InChI=1S/C27H25F3N4O3S/c1-3-36-22-13-9-21(10-14-22)34-24(16-37-23-11-7-18(2)8-12-23)32-33-26(34)38-17-25(35)31-20-6-4-5-19(15-20)27(28,29)30/h4-15H,3,16-17H2,1-2H3,(H,31,35). The van der Waals surface area contributed by atoms with E-state index in [1.807, 2.05) is 62.4 Å². The van der Waals surface area contributed by atoms with Crippen LogP contribution in [-0.2, 0) is 17.6 Å². The zero-order valence-corrected chi connectivity index (χ0v) is 21.5. The number of nitrogens with one attached hydrogen (secondary N) is 1. The predicted molar refractivity (Wildman–Crippen MR) is 139 cm³/mol. The van der Waals surface area contributed by atoms with E-state index in [0.29, 0.717) is 29.1 Å². The molecule has 0 aliphatic heterocycles. The summed E-state index contributed by atoms with van der Waals surface area (Å²) in [6.45, 7) is 4.54. The molecule has 3 aromatic carbocycles. The Balaban J connectivity index is 1.51. The number of thioether (sulfide) groups is 1. The maximum absolute atomic E-state index is 13.0. The largest absolute Gasteiger partial charge is 0.494 e. The van der Waals surface area contributed by atoms with Crippen LogP contribution in [0.5, 0.6) is 11.5 Å². The smallest absolute Gasteiger partial charge is 0.416 e. The lowest BCUT2D eigenvalue weighted by molar-refractivity contribution is -0.137. The zero-order valence-electron chi connectivity index (χ0n) is 20.7. The summed E-state index contributed by atoms with van der Waals surface area (Å²) in [5.74, 6) is 1.32. The highest BCUT2D eigenvalue weighted by atomic mass is 32.2. The van der Waals surface area contributed by atoms with E-state index in [1.54, 1.807) is 4.57 Å². The van der Waals surface area contributed by atoms with E-state index in [1.165, 1.54) is 12.1 Å². The number of halogens is 3. The van der Waals surface area contributed by atoms with Gasteiger partial charge in [-0.05, 0) is 68.4 Å². The first-order valence-corrected chi connectivity index (χ1v) is 12.7. The molecule has 7 nitrogen and oxygen atoms in total. The summed E-state index contributed by atoms with van der Waals surface area (Å²) < 4.78 is 52.2. The highest BCUT2D eigenvalue weighted by Gasteiger charge is 2.30. The minimum absolute atomic E-state index is 0.0607. The van der Waals surface area contributed by atoms with Gasteiger partial charge in [0.1, 0.15) is 18.1 Å². The first kappa shape index (κ1) is 27.1. The van der Waals surface area contributed by atoms with Gasteiger partial charge in [0.15, 0.2) is 11.0 Å². The van der Waals surface area contributed by atoms with E-state index in [-0.39, 0.29) is 18.0 Å². The number of aryl methyl sites for hydroxylation is 1. The minimum Gasteiger partial charge on any atom is -0.494 e. The van der Waals surface area contributed by atoms with Crippen molar-refractivity contribution in [2.24, 2.45) is 0 Å². The van der Waals surface area contributed by atoms with Crippen LogP contribution in [0.25, 0.3) is 5.69 Å². The Labute approximate surface area is 222 Å². The summed E-state index contributed by atoms with van der Waals surface area (Å²) in [6.07, 6.45) is -4.50. The summed E-state index contributed by atoms with van der Waals surface area (Å²) >= 11 is 1.11. The third-order valence-corrected chi connectivity index (χ3v) is 6.23. The lowest BCUT2D eigenvalue weighted by Gasteiger charge is -2.12. The van der Waals surface area contributed by atoms with Crippen LogP contribution >= 0.6 is 11.8 Å². The van der Waals surface area contributed by atoms with Crippen LogP contribution in [0.4, 0.5) is 18.9 Å². The second-order valence-corrected chi connectivity index (χ2v) is 9.12. The SMILES string of the molecule is CCOc1ccc(-n2c(COc3ccc(C)cc3)nnc2SCC(=O)Nc2cccc(C(F)(F)F)c2)cc1. The molecule has 38 heavy (non-hydrogen) atoms. The number of carbonyl (C=O) groups is 1. The second-order valence-electron chi connectivity index (χ2n) is 8.18. The number of amides is 1. The molecule has 0 radical (unpaired) electrons. The van der Waals surface area contributed by atoms with Crippen LogP contribution < -0.4 is 14.8 Å². The van der Waals surface area contributed by atoms with Crippen molar-refractivity contribution >= 4 is 23.4 Å². The van der Waals surface area contributed by atoms with Gasteiger partial charge in [-0.25, -0.2) is 0 Å². The predicted octanol–water partition coefficient (Wildman–Crippen LogP) is 6.30. The van der Waals surface area contributed by atoms with Gasteiger partial charge in [-0.1, -0.05) is 35.5 Å². The Morgan fingerprint density at radius 1 is 0.974 bits per heavy atom. The molecule has 198 valence electrons. The summed E-state index contributed by atoms with van der Waals surface area (Å²) in [4.78, 5) is 12.5. The van der Waals surface area contributed by atoms with Gasteiger partial charge in [-0.15, -0.1) is 10.2 Å². The Morgan fingerprint density at radius 3 is 2.34 bits per heavy atom. The maximum Gasteiger partial charge on any atom is 0.416 e. The van der Waals surface area contributed by atoms with Crippen LogP contribution in [0.3, 0.4) is 0 Å². The molecule has 0 aliphatic rings. The fraction of sp³-hybridized carbons (Fsp3) is 0.222. The fourth-order valence-corrected chi connectivity index (χ4v) is 4.26. The molecule has 0 saturated heterocycles. The Hall–Kier alpha value is -3.99. The van der Waals surface area contributed by atoms with Gasteiger partial charge < -0.3 is 14.8 Å². The monoisotopic (exact) mass is 542 g/mol. The first-order chi connectivity index (χ1) is 18.2. The van der Waals surface area contributed by atoms with E-state index in [0.717, 1.165) is 35.1 Å². The van der Waals surface area contributed by atoms with E-state index in [9.17, 15) is 18.0 Å². The minimum atomic E-state index is -4.50. The van der Waals surface area contributed by atoms with Crippen molar-refractivity contribution in [1.29, 1.82) is 0 Å². The highest BCUT2D eigenvalue weighted by molar-refractivity contribution is 7.99. The van der Waals surface area contributed by atoms with Crippen LogP contribution in [0.15, 0.2) is 78.0 Å². The average molecular weight is 543 g/mol. The summed E-state index contributed by atoms with van der Waals surface area (Å²) in [5.41, 5.74) is 1.07. The molecule has 1 aromatic heterocycles. The Kier molecular flexibility index (Phi) is 8.57. The lowest BCUT2D eigenvalue weighted by atomic mass is 10.2. The van der Waals surface area contributed by atoms with Crippen LogP contribution in [0.1, 0.15) is 23.9 Å². The fourth-order valence-electron chi connectivity index (χ4n) is 3.49. The number of benzene rings is 3. The van der Waals surface area contributed by atoms with E-state index in [4.69, 9.17) is 9.47 Å². The van der Waals surface area contributed by atoms with Crippen molar-refractivity contribution < 1.29 is 27.4 Å². The van der Waals surface area contributed by atoms with E-state index >= 15 is 0 Å². The maximum atomic E-state index is 13.0. The molecule has 4 aromatic rings. The molecular weight excluding hydrogens is 517 g/mol. The van der Waals surface area contributed by atoms with Crippen LogP contribution in [0, 0.1) is 6.92 Å². The molecule has 0 bridgehead atoms. The van der Waals surface area contributed by atoms with Gasteiger partial charge in [0.05, 0.1) is 17.9 Å². The third-order valence-electron chi connectivity index (χ3n) is 5.30. The molecule has 1 amide bonds. The summed E-state index contributed by atoms with van der Waals surface area (Å²) in [6, 6.07) is 19.4. The quantitative estimate of drug-likeness (QED) is 0.237. The van der Waals surface area contributed by atoms with E-state index in [2.05, 4.69) is 15.5 Å². The lowest BCUT2D eigenvalue weighted by Crippen LogP contribution is -2.15. The normalized spacial score (nSPS) is 11.3. The molecule has 4 rings (SSSR count).